The van der Waals surface area contributed by atoms with Gasteiger partial charge in [0, 0.05) is 25.2 Å². The largest absolute Gasteiger partial charge is 0.327 e. The van der Waals surface area contributed by atoms with Gasteiger partial charge in [0.1, 0.15) is 0 Å². The van der Waals surface area contributed by atoms with Crippen LogP contribution in [0.1, 0.15) is 31.9 Å². The molecule has 18 heavy (non-hydrogen) atoms. The number of nitrogens with two attached hydrogens (primary N) is 1. The third-order valence-corrected chi connectivity index (χ3v) is 3.69. The van der Waals surface area contributed by atoms with Gasteiger partial charge in [-0.3, -0.25) is 4.90 Å². The number of rotatable bonds is 2. The van der Waals surface area contributed by atoms with E-state index in [4.69, 9.17) is 5.73 Å². The molecule has 1 fully saturated rings. The lowest BCUT2D eigenvalue weighted by Crippen LogP contribution is -2.47. The molecule has 1 aromatic carbocycles. The maximum Gasteiger partial charge on any atom is 0.159 e. The van der Waals surface area contributed by atoms with E-state index in [1.54, 1.807) is 6.07 Å². The number of halogens is 2. The normalized spacial score (nSPS) is 27.2. The maximum atomic E-state index is 13.2. The van der Waals surface area contributed by atoms with Gasteiger partial charge >= 0.3 is 0 Å². The van der Waals surface area contributed by atoms with Crippen LogP contribution in [0.25, 0.3) is 0 Å². The molecule has 0 saturated carbocycles. The molecule has 1 aromatic rings. The minimum absolute atomic E-state index is 0.0638. The summed E-state index contributed by atoms with van der Waals surface area (Å²) in [7, 11) is 0. The molecule has 2 nitrogen and oxygen atoms in total. The minimum Gasteiger partial charge on any atom is -0.327 e. The van der Waals surface area contributed by atoms with Crippen molar-refractivity contribution in [2.24, 2.45) is 11.7 Å². The first-order valence-electron chi connectivity index (χ1n) is 6.42. The highest BCUT2D eigenvalue weighted by Crippen LogP contribution is 2.26. The Morgan fingerprint density at radius 1 is 1.28 bits per heavy atom. The van der Waals surface area contributed by atoms with Gasteiger partial charge in [-0.1, -0.05) is 13.0 Å². The lowest BCUT2D eigenvalue weighted by Gasteiger charge is -2.38. The van der Waals surface area contributed by atoms with E-state index in [9.17, 15) is 8.78 Å². The fourth-order valence-corrected chi connectivity index (χ4v) is 2.74. The fourth-order valence-electron chi connectivity index (χ4n) is 2.74. The van der Waals surface area contributed by atoms with Gasteiger partial charge in [0.2, 0.25) is 0 Å². The Labute approximate surface area is 107 Å². The van der Waals surface area contributed by atoms with Crippen LogP contribution in [0.15, 0.2) is 18.2 Å². The molecule has 0 aromatic heterocycles. The summed E-state index contributed by atoms with van der Waals surface area (Å²) in [6, 6.07) is 4.35. The molecular weight excluding hydrogens is 234 g/mol. The third kappa shape index (κ3) is 2.87. The molecule has 1 aliphatic heterocycles. The van der Waals surface area contributed by atoms with Crippen LogP contribution in [0.2, 0.25) is 0 Å². The molecule has 2 N–H and O–H groups in total. The molecule has 0 radical (unpaired) electrons. The molecule has 0 spiro atoms. The summed E-state index contributed by atoms with van der Waals surface area (Å²) < 4.78 is 26.2. The molecule has 100 valence electrons. The smallest absolute Gasteiger partial charge is 0.159 e. The van der Waals surface area contributed by atoms with Gasteiger partial charge in [0.05, 0.1) is 0 Å². The van der Waals surface area contributed by atoms with E-state index in [0.29, 0.717) is 5.92 Å². The third-order valence-electron chi connectivity index (χ3n) is 3.69. The van der Waals surface area contributed by atoms with Crippen LogP contribution in [-0.4, -0.2) is 24.0 Å². The topological polar surface area (TPSA) is 29.3 Å². The SMILES string of the molecule is CC1CC(N)CN(C(C)c2ccc(F)c(F)c2)C1. The van der Waals surface area contributed by atoms with Crippen molar-refractivity contribution in [2.75, 3.05) is 13.1 Å². The highest BCUT2D eigenvalue weighted by Gasteiger charge is 2.26. The van der Waals surface area contributed by atoms with Crippen molar-refractivity contribution in [1.29, 1.82) is 0 Å². The Bertz CT molecular complexity index is 412. The monoisotopic (exact) mass is 254 g/mol. The fraction of sp³-hybridized carbons (Fsp3) is 0.571. The van der Waals surface area contributed by atoms with Gasteiger partial charge in [0.25, 0.3) is 0 Å². The Kier molecular flexibility index (Phi) is 3.97. The van der Waals surface area contributed by atoms with E-state index in [2.05, 4.69) is 11.8 Å². The first kappa shape index (κ1) is 13.4. The highest BCUT2D eigenvalue weighted by atomic mass is 19.2. The van der Waals surface area contributed by atoms with Crippen molar-refractivity contribution in [3.63, 3.8) is 0 Å². The second kappa shape index (κ2) is 5.33. The van der Waals surface area contributed by atoms with Gasteiger partial charge in [-0.2, -0.15) is 0 Å². The van der Waals surface area contributed by atoms with Gasteiger partial charge in [-0.15, -0.1) is 0 Å². The molecule has 3 atom stereocenters. The van der Waals surface area contributed by atoms with Crippen LogP contribution in [0.5, 0.6) is 0 Å². The summed E-state index contributed by atoms with van der Waals surface area (Å²) in [5.41, 5.74) is 6.81. The van der Waals surface area contributed by atoms with Crippen LogP contribution < -0.4 is 5.73 Å². The molecule has 0 aliphatic carbocycles. The number of benzene rings is 1. The molecule has 4 heteroatoms. The quantitative estimate of drug-likeness (QED) is 0.879. The van der Waals surface area contributed by atoms with E-state index in [-0.39, 0.29) is 12.1 Å². The second-order valence-electron chi connectivity index (χ2n) is 5.40. The van der Waals surface area contributed by atoms with Crippen molar-refractivity contribution < 1.29 is 8.78 Å². The van der Waals surface area contributed by atoms with Crippen LogP contribution in [0.3, 0.4) is 0 Å². The Hall–Kier alpha value is -1.00. The molecule has 2 rings (SSSR count). The zero-order valence-electron chi connectivity index (χ0n) is 10.9. The molecule has 3 unspecified atom stereocenters. The van der Waals surface area contributed by atoms with Gasteiger partial charge in [0.15, 0.2) is 11.6 Å². The van der Waals surface area contributed by atoms with Crippen LogP contribution in [-0.2, 0) is 0 Å². The van der Waals surface area contributed by atoms with Crippen molar-refractivity contribution in [3.05, 3.63) is 35.4 Å². The summed E-state index contributed by atoms with van der Waals surface area (Å²) in [6.45, 7) is 5.94. The summed E-state index contributed by atoms with van der Waals surface area (Å²) in [4.78, 5) is 2.24. The highest BCUT2D eigenvalue weighted by molar-refractivity contribution is 5.21. The number of hydrogen-bond acceptors (Lipinski definition) is 2. The van der Waals surface area contributed by atoms with E-state index in [1.807, 2.05) is 6.92 Å². The van der Waals surface area contributed by atoms with Crippen molar-refractivity contribution in [2.45, 2.75) is 32.4 Å². The molecular formula is C14H20F2N2. The molecule has 1 saturated heterocycles. The summed E-state index contributed by atoms with van der Waals surface area (Å²) in [6.07, 6.45) is 1.03. The van der Waals surface area contributed by atoms with Crippen LogP contribution in [0.4, 0.5) is 8.78 Å². The van der Waals surface area contributed by atoms with Crippen LogP contribution in [0, 0.1) is 17.6 Å². The van der Waals surface area contributed by atoms with Gasteiger partial charge in [-0.05, 0) is 37.0 Å². The zero-order valence-corrected chi connectivity index (χ0v) is 10.9. The van der Waals surface area contributed by atoms with Crippen molar-refractivity contribution >= 4 is 0 Å². The Morgan fingerprint density at radius 2 is 2.00 bits per heavy atom. The number of likely N-dealkylation sites (tertiary alicyclic amines) is 1. The van der Waals surface area contributed by atoms with E-state index in [1.165, 1.54) is 12.1 Å². The second-order valence-corrected chi connectivity index (χ2v) is 5.40. The van der Waals surface area contributed by atoms with Crippen LogP contribution >= 0.6 is 0 Å². The van der Waals surface area contributed by atoms with E-state index in [0.717, 1.165) is 25.1 Å². The van der Waals surface area contributed by atoms with Crippen molar-refractivity contribution in [3.8, 4) is 0 Å². The average molecular weight is 254 g/mol. The summed E-state index contributed by atoms with van der Waals surface area (Å²) in [5, 5.41) is 0. The lowest BCUT2D eigenvalue weighted by molar-refractivity contribution is 0.123. The number of nitrogens with zero attached hydrogens (tertiary/aromatic N) is 1. The zero-order chi connectivity index (χ0) is 13.3. The molecule has 0 amide bonds. The average Bonchev–Trinajstić information content (AvgIpc) is 2.30. The first-order valence-corrected chi connectivity index (χ1v) is 6.42. The lowest BCUT2D eigenvalue weighted by atomic mass is 9.94. The summed E-state index contributed by atoms with van der Waals surface area (Å²) >= 11 is 0. The Balaban J connectivity index is 2.14. The predicted octanol–water partition coefficient (Wildman–Crippen LogP) is 2.69. The standard InChI is InChI=1S/C14H20F2N2/c1-9-5-12(17)8-18(7-9)10(2)11-3-4-13(15)14(16)6-11/h3-4,6,9-10,12H,5,7-8,17H2,1-2H3. The maximum absolute atomic E-state index is 13.2. The molecule has 0 bridgehead atoms. The number of hydrogen-bond donors (Lipinski definition) is 1. The Morgan fingerprint density at radius 3 is 2.61 bits per heavy atom. The molecule has 1 aliphatic rings. The van der Waals surface area contributed by atoms with Gasteiger partial charge in [-0.25, -0.2) is 8.78 Å². The van der Waals surface area contributed by atoms with Gasteiger partial charge < -0.3 is 5.73 Å². The number of piperidine rings is 1. The van der Waals surface area contributed by atoms with E-state index >= 15 is 0 Å². The summed E-state index contributed by atoms with van der Waals surface area (Å²) in [5.74, 6) is -1.04. The van der Waals surface area contributed by atoms with E-state index < -0.39 is 11.6 Å². The predicted molar refractivity (Wildman–Crippen MR) is 68.1 cm³/mol. The first-order chi connectivity index (χ1) is 8.47. The molecule has 1 heterocycles. The minimum atomic E-state index is -0.797. The van der Waals surface area contributed by atoms with Crippen molar-refractivity contribution in [1.82, 2.24) is 4.90 Å².